The maximum absolute atomic E-state index is 10.8. The number of hydrogen-bond acceptors (Lipinski definition) is 3. The molecule has 1 aromatic heterocycles. The zero-order valence-corrected chi connectivity index (χ0v) is 9.90. The number of nitrogens with one attached hydrogen (secondary N) is 1. The zero-order valence-electron chi connectivity index (χ0n) is 9.90. The highest BCUT2D eigenvalue weighted by Crippen LogP contribution is 2.04. The first-order valence-electron chi connectivity index (χ1n) is 5.39. The standard InChI is InChI=1S/C12H18N2O2/c1-8-5-4-6-11(14-8)7-13-10(3)9(2)12(15)16/h4-6,9-10,13H,7H2,1-3H3,(H,15,16). The number of aromatic nitrogens is 1. The Morgan fingerprint density at radius 3 is 2.75 bits per heavy atom. The molecule has 2 N–H and O–H groups in total. The molecule has 1 rings (SSSR count). The lowest BCUT2D eigenvalue weighted by Gasteiger charge is -2.17. The van der Waals surface area contributed by atoms with Crippen LogP contribution in [0.2, 0.25) is 0 Å². The highest BCUT2D eigenvalue weighted by molar-refractivity contribution is 5.70. The van der Waals surface area contributed by atoms with Crippen molar-refractivity contribution < 1.29 is 9.90 Å². The van der Waals surface area contributed by atoms with E-state index < -0.39 is 11.9 Å². The van der Waals surface area contributed by atoms with Gasteiger partial charge in [-0.15, -0.1) is 0 Å². The predicted octanol–water partition coefficient (Wildman–Crippen LogP) is 1.59. The third-order valence-electron chi connectivity index (χ3n) is 2.69. The average molecular weight is 222 g/mol. The van der Waals surface area contributed by atoms with Crippen LogP contribution in [0.3, 0.4) is 0 Å². The number of aliphatic carboxylic acids is 1. The third kappa shape index (κ3) is 3.62. The van der Waals surface area contributed by atoms with Crippen LogP contribution >= 0.6 is 0 Å². The van der Waals surface area contributed by atoms with Gasteiger partial charge < -0.3 is 10.4 Å². The fourth-order valence-electron chi connectivity index (χ4n) is 1.35. The number of hydrogen-bond donors (Lipinski definition) is 2. The molecule has 0 aromatic carbocycles. The molecular weight excluding hydrogens is 204 g/mol. The highest BCUT2D eigenvalue weighted by Gasteiger charge is 2.18. The molecule has 88 valence electrons. The van der Waals surface area contributed by atoms with Gasteiger partial charge in [0.1, 0.15) is 0 Å². The van der Waals surface area contributed by atoms with E-state index >= 15 is 0 Å². The van der Waals surface area contributed by atoms with Gasteiger partial charge in [0.15, 0.2) is 0 Å². The first-order valence-corrected chi connectivity index (χ1v) is 5.39. The minimum atomic E-state index is -0.780. The SMILES string of the molecule is Cc1cccc(CNC(C)C(C)C(=O)O)n1. The monoisotopic (exact) mass is 222 g/mol. The summed E-state index contributed by atoms with van der Waals surface area (Å²) in [4.78, 5) is 15.1. The van der Waals surface area contributed by atoms with Crippen molar-refractivity contribution in [3.05, 3.63) is 29.6 Å². The molecule has 0 aliphatic heterocycles. The first kappa shape index (κ1) is 12.6. The van der Waals surface area contributed by atoms with Gasteiger partial charge >= 0.3 is 5.97 Å². The Bertz CT molecular complexity index is 366. The Morgan fingerprint density at radius 2 is 2.19 bits per heavy atom. The van der Waals surface area contributed by atoms with Crippen molar-refractivity contribution in [3.8, 4) is 0 Å². The van der Waals surface area contributed by atoms with Gasteiger partial charge in [-0.3, -0.25) is 9.78 Å². The summed E-state index contributed by atoms with van der Waals surface area (Å²) in [5.41, 5.74) is 1.91. The van der Waals surface area contributed by atoms with E-state index in [9.17, 15) is 4.79 Å². The zero-order chi connectivity index (χ0) is 12.1. The largest absolute Gasteiger partial charge is 0.481 e. The van der Waals surface area contributed by atoms with Crippen LogP contribution in [0.4, 0.5) is 0 Å². The summed E-state index contributed by atoms with van der Waals surface area (Å²) in [7, 11) is 0. The van der Waals surface area contributed by atoms with Crippen molar-refractivity contribution in [2.45, 2.75) is 33.4 Å². The highest BCUT2D eigenvalue weighted by atomic mass is 16.4. The Hall–Kier alpha value is -1.42. The molecular formula is C12H18N2O2. The maximum atomic E-state index is 10.8. The molecule has 0 aliphatic rings. The fraction of sp³-hybridized carbons (Fsp3) is 0.500. The normalized spacial score (nSPS) is 14.4. The van der Waals surface area contributed by atoms with Crippen LogP contribution in [-0.4, -0.2) is 22.1 Å². The molecule has 0 amide bonds. The number of carbonyl (C=O) groups is 1. The van der Waals surface area contributed by atoms with Gasteiger partial charge in [0.2, 0.25) is 0 Å². The van der Waals surface area contributed by atoms with Crippen LogP contribution in [0, 0.1) is 12.8 Å². The molecule has 0 spiro atoms. The molecule has 0 saturated carbocycles. The number of rotatable bonds is 5. The van der Waals surface area contributed by atoms with Crippen LogP contribution in [0.15, 0.2) is 18.2 Å². The van der Waals surface area contributed by atoms with Crippen molar-refractivity contribution in [3.63, 3.8) is 0 Å². The van der Waals surface area contributed by atoms with Gasteiger partial charge in [-0.2, -0.15) is 0 Å². The lowest BCUT2D eigenvalue weighted by Crippen LogP contribution is -2.35. The number of pyridine rings is 1. The molecule has 0 fully saturated rings. The molecule has 2 unspecified atom stereocenters. The second kappa shape index (κ2) is 5.61. The molecule has 1 aromatic rings. The van der Waals surface area contributed by atoms with Crippen molar-refractivity contribution in [1.82, 2.24) is 10.3 Å². The molecule has 1 heterocycles. The van der Waals surface area contributed by atoms with Gasteiger partial charge in [-0.25, -0.2) is 0 Å². The quantitative estimate of drug-likeness (QED) is 0.794. The molecule has 4 nitrogen and oxygen atoms in total. The number of carboxylic acids is 1. The molecule has 4 heteroatoms. The van der Waals surface area contributed by atoms with Crippen LogP contribution < -0.4 is 5.32 Å². The Labute approximate surface area is 95.7 Å². The van der Waals surface area contributed by atoms with Crippen LogP contribution in [0.1, 0.15) is 25.2 Å². The first-order chi connectivity index (χ1) is 7.50. The van der Waals surface area contributed by atoms with Crippen LogP contribution in [0.5, 0.6) is 0 Å². The minimum absolute atomic E-state index is 0.0696. The van der Waals surface area contributed by atoms with Gasteiger partial charge in [-0.05, 0) is 26.0 Å². The Kier molecular flexibility index (Phi) is 4.43. The maximum Gasteiger partial charge on any atom is 0.307 e. The van der Waals surface area contributed by atoms with Crippen molar-refractivity contribution in [1.29, 1.82) is 0 Å². The molecule has 0 saturated heterocycles. The third-order valence-corrected chi connectivity index (χ3v) is 2.69. The molecule has 2 atom stereocenters. The Balaban J connectivity index is 2.48. The van der Waals surface area contributed by atoms with E-state index in [4.69, 9.17) is 5.11 Å². The lowest BCUT2D eigenvalue weighted by atomic mass is 10.0. The van der Waals surface area contributed by atoms with E-state index in [1.54, 1.807) is 6.92 Å². The fourth-order valence-corrected chi connectivity index (χ4v) is 1.35. The molecule has 0 bridgehead atoms. The summed E-state index contributed by atoms with van der Waals surface area (Å²) in [6.45, 7) is 6.10. The summed E-state index contributed by atoms with van der Waals surface area (Å²) in [6.07, 6.45) is 0. The van der Waals surface area contributed by atoms with Crippen LogP contribution in [0.25, 0.3) is 0 Å². The van der Waals surface area contributed by atoms with E-state index in [1.165, 1.54) is 0 Å². The number of aryl methyl sites for hydroxylation is 1. The number of carboxylic acid groups (broad SMARTS) is 1. The van der Waals surface area contributed by atoms with Gasteiger partial charge in [0.25, 0.3) is 0 Å². The van der Waals surface area contributed by atoms with Crippen molar-refractivity contribution in [2.75, 3.05) is 0 Å². The molecule has 0 radical (unpaired) electrons. The number of nitrogens with zero attached hydrogens (tertiary/aromatic N) is 1. The summed E-state index contributed by atoms with van der Waals surface area (Å²) >= 11 is 0. The second-order valence-corrected chi connectivity index (χ2v) is 4.07. The van der Waals surface area contributed by atoms with Crippen molar-refractivity contribution in [2.24, 2.45) is 5.92 Å². The summed E-state index contributed by atoms with van der Waals surface area (Å²) < 4.78 is 0. The van der Waals surface area contributed by atoms with Gasteiger partial charge in [-0.1, -0.05) is 13.0 Å². The smallest absolute Gasteiger partial charge is 0.307 e. The summed E-state index contributed by atoms with van der Waals surface area (Å²) in [5.74, 6) is -1.18. The summed E-state index contributed by atoms with van der Waals surface area (Å²) in [5, 5.41) is 12.0. The van der Waals surface area contributed by atoms with E-state index in [0.29, 0.717) is 6.54 Å². The average Bonchev–Trinajstić information content (AvgIpc) is 2.24. The van der Waals surface area contributed by atoms with Gasteiger partial charge in [0, 0.05) is 18.3 Å². The van der Waals surface area contributed by atoms with E-state index in [2.05, 4.69) is 10.3 Å². The van der Waals surface area contributed by atoms with E-state index in [1.807, 2.05) is 32.0 Å². The van der Waals surface area contributed by atoms with E-state index in [-0.39, 0.29) is 6.04 Å². The van der Waals surface area contributed by atoms with Gasteiger partial charge in [0.05, 0.1) is 11.6 Å². The van der Waals surface area contributed by atoms with E-state index in [0.717, 1.165) is 11.4 Å². The Morgan fingerprint density at radius 1 is 1.50 bits per heavy atom. The topological polar surface area (TPSA) is 62.2 Å². The second-order valence-electron chi connectivity index (χ2n) is 4.07. The molecule has 16 heavy (non-hydrogen) atoms. The van der Waals surface area contributed by atoms with Crippen molar-refractivity contribution >= 4 is 5.97 Å². The van der Waals surface area contributed by atoms with Crippen LogP contribution in [-0.2, 0) is 11.3 Å². The predicted molar refractivity (Wildman–Crippen MR) is 62.1 cm³/mol. The summed E-state index contributed by atoms with van der Waals surface area (Å²) in [6, 6.07) is 5.75. The lowest BCUT2D eigenvalue weighted by molar-refractivity contribution is -0.141. The minimum Gasteiger partial charge on any atom is -0.481 e. The molecule has 0 aliphatic carbocycles.